The van der Waals surface area contributed by atoms with Crippen molar-refractivity contribution in [3.8, 4) is 0 Å². The van der Waals surface area contributed by atoms with Gasteiger partial charge in [0.2, 0.25) is 0 Å². The van der Waals surface area contributed by atoms with Gasteiger partial charge in [-0.05, 0) is 40.5 Å². The Labute approximate surface area is 139 Å². The van der Waals surface area contributed by atoms with Crippen LogP contribution in [0.5, 0.6) is 0 Å². The number of carbonyl (C=O) groups is 1. The number of nitrogens with zero attached hydrogens (tertiary/aromatic N) is 3. The van der Waals surface area contributed by atoms with Gasteiger partial charge >= 0.3 is 5.97 Å². The molecular formula is C13H23N3O8. The van der Waals surface area contributed by atoms with Crippen LogP contribution in [0.1, 0.15) is 53.9 Å². The zero-order chi connectivity index (χ0) is 18.7. The standard InChI is InChI=1S/C13H23N3O8/c1-6-11(17)24-14-12(2,3)9(22-15(18)19)7-8-10(13(14,4)5)23-16(20)21/h9-10H,6-8H2,1-5H3. The molecule has 1 rings (SSSR count). The number of hydrogen-bond donors (Lipinski definition) is 0. The first-order valence-electron chi connectivity index (χ1n) is 7.56. The van der Waals surface area contributed by atoms with Crippen molar-refractivity contribution in [1.29, 1.82) is 0 Å². The summed E-state index contributed by atoms with van der Waals surface area (Å²) in [5.74, 6) is -0.572. The van der Waals surface area contributed by atoms with E-state index >= 15 is 0 Å². The Balaban J connectivity index is 3.30. The van der Waals surface area contributed by atoms with Gasteiger partial charge in [0.1, 0.15) is 12.2 Å². The van der Waals surface area contributed by atoms with E-state index in [1.165, 1.54) is 5.06 Å². The van der Waals surface area contributed by atoms with E-state index in [9.17, 15) is 25.0 Å². The van der Waals surface area contributed by atoms with Crippen LogP contribution in [-0.4, -0.2) is 44.5 Å². The summed E-state index contributed by atoms with van der Waals surface area (Å²) < 4.78 is 0. The van der Waals surface area contributed by atoms with Crippen molar-refractivity contribution in [3.63, 3.8) is 0 Å². The van der Waals surface area contributed by atoms with Gasteiger partial charge in [0.15, 0.2) is 0 Å². The van der Waals surface area contributed by atoms with E-state index in [1.807, 2.05) is 0 Å². The van der Waals surface area contributed by atoms with Crippen LogP contribution in [0.2, 0.25) is 0 Å². The Morgan fingerprint density at radius 2 is 1.42 bits per heavy atom. The summed E-state index contributed by atoms with van der Waals surface area (Å²) in [7, 11) is 0. The van der Waals surface area contributed by atoms with E-state index in [2.05, 4.69) is 0 Å². The Kier molecular flexibility index (Phi) is 5.93. The topological polar surface area (TPSA) is 134 Å². The minimum Gasteiger partial charge on any atom is -0.367 e. The van der Waals surface area contributed by atoms with E-state index in [0.717, 1.165) is 0 Å². The molecule has 0 N–H and O–H groups in total. The lowest BCUT2D eigenvalue weighted by Gasteiger charge is -2.47. The second-order valence-corrected chi connectivity index (χ2v) is 6.63. The van der Waals surface area contributed by atoms with E-state index < -0.39 is 39.4 Å². The molecule has 0 bridgehead atoms. The van der Waals surface area contributed by atoms with Gasteiger partial charge in [-0.25, -0.2) is 0 Å². The molecular weight excluding hydrogens is 326 g/mol. The predicted octanol–water partition coefficient (Wildman–Crippen LogP) is 1.66. The molecule has 1 saturated heterocycles. The summed E-state index contributed by atoms with van der Waals surface area (Å²) in [6.45, 7) is 8.04. The lowest BCUT2D eigenvalue weighted by molar-refractivity contribution is -0.772. The minimum absolute atomic E-state index is 0.0736. The van der Waals surface area contributed by atoms with Crippen LogP contribution in [-0.2, 0) is 19.3 Å². The fourth-order valence-corrected chi connectivity index (χ4v) is 2.99. The number of rotatable bonds is 6. The first-order valence-corrected chi connectivity index (χ1v) is 7.56. The molecule has 0 saturated carbocycles. The van der Waals surface area contributed by atoms with Crippen LogP contribution in [0.25, 0.3) is 0 Å². The largest absolute Gasteiger partial charge is 0.367 e. The van der Waals surface area contributed by atoms with Gasteiger partial charge in [0.25, 0.3) is 10.2 Å². The Morgan fingerprint density at radius 1 is 1.04 bits per heavy atom. The monoisotopic (exact) mass is 349 g/mol. The second-order valence-electron chi connectivity index (χ2n) is 6.63. The summed E-state index contributed by atoms with van der Waals surface area (Å²) in [4.78, 5) is 48.2. The number of carbonyl (C=O) groups excluding carboxylic acids is 1. The minimum atomic E-state index is -1.11. The number of hydroxylamine groups is 2. The molecule has 0 aliphatic carbocycles. The highest BCUT2D eigenvalue weighted by atomic mass is 17.0. The van der Waals surface area contributed by atoms with Crippen LogP contribution in [0.4, 0.5) is 0 Å². The van der Waals surface area contributed by atoms with Crippen LogP contribution in [0, 0.1) is 20.2 Å². The summed E-state index contributed by atoms with van der Waals surface area (Å²) in [6.07, 6.45) is -1.61. The highest BCUT2D eigenvalue weighted by molar-refractivity contribution is 5.68. The highest BCUT2D eigenvalue weighted by Gasteiger charge is 2.54. The Hall–Kier alpha value is -2.17. The third-order valence-electron chi connectivity index (χ3n) is 4.22. The van der Waals surface area contributed by atoms with Gasteiger partial charge in [-0.1, -0.05) is 6.92 Å². The van der Waals surface area contributed by atoms with Gasteiger partial charge in [-0.2, -0.15) is 0 Å². The average Bonchev–Trinajstić information content (AvgIpc) is 2.50. The van der Waals surface area contributed by atoms with Crippen molar-refractivity contribution in [1.82, 2.24) is 5.06 Å². The van der Waals surface area contributed by atoms with Crippen LogP contribution in [0.3, 0.4) is 0 Å². The molecule has 0 aromatic heterocycles. The molecule has 1 fully saturated rings. The molecule has 1 heterocycles. The molecule has 11 nitrogen and oxygen atoms in total. The van der Waals surface area contributed by atoms with Crippen molar-refractivity contribution in [2.45, 2.75) is 77.2 Å². The summed E-state index contributed by atoms with van der Waals surface area (Å²) in [6, 6.07) is 0. The normalized spacial score (nSPS) is 26.0. The molecule has 24 heavy (non-hydrogen) atoms. The number of hydrogen-bond acceptors (Lipinski definition) is 9. The molecule has 1 aliphatic heterocycles. The lowest BCUT2D eigenvalue weighted by atomic mass is 9.92. The molecule has 2 unspecified atom stereocenters. The summed E-state index contributed by atoms with van der Waals surface area (Å²) in [5.41, 5.74) is -2.23. The molecule has 138 valence electrons. The molecule has 0 spiro atoms. The lowest BCUT2D eigenvalue weighted by Crippen LogP contribution is -2.63. The van der Waals surface area contributed by atoms with Gasteiger partial charge in [0.05, 0.1) is 11.1 Å². The smallest absolute Gasteiger partial charge is 0.324 e. The van der Waals surface area contributed by atoms with Gasteiger partial charge in [-0.3, -0.25) is 4.79 Å². The van der Waals surface area contributed by atoms with Gasteiger partial charge < -0.3 is 14.5 Å². The fraction of sp³-hybridized carbons (Fsp3) is 0.923. The molecule has 0 aromatic rings. The zero-order valence-corrected chi connectivity index (χ0v) is 14.4. The third kappa shape index (κ3) is 4.22. The molecule has 0 amide bonds. The summed E-state index contributed by atoms with van der Waals surface area (Å²) >= 11 is 0. The molecule has 2 atom stereocenters. The molecule has 1 aliphatic rings. The Morgan fingerprint density at radius 3 is 1.71 bits per heavy atom. The van der Waals surface area contributed by atoms with Crippen LogP contribution >= 0.6 is 0 Å². The van der Waals surface area contributed by atoms with Crippen LogP contribution < -0.4 is 0 Å². The average molecular weight is 349 g/mol. The Bertz CT molecular complexity index is 471. The predicted molar refractivity (Wildman–Crippen MR) is 79.3 cm³/mol. The van der Waals surface area contributed by atoms with Gasteiger partial charge in [-0.15, -0.1) is 25.3 Å². The van der Waals surface area contributed by atoms with Crippen molar-refractivity contribution < 1.29 is 29.5 Å². The zero-order valence-electron chi connectivity index (χ0n) is 14.4. The highest BCUT2D eigenvalue weighted by Crippen LogP contribution is 2.40. The first kappa shape index (κ1) is 19.9. The van der Waals surface area contributed by atoms with Crippen molar-refractivity contribution >= 4 is 5.97 Å². The van der Waals surface area contributed by atoms with E-state index in [0.29, 0.717) is 0 Å². The summed E-state index contributed by atoms with van der Waals surface area (Å²) in [5, 5.41) is 21.0. The second kappa shape index (κ2) is 7.16. The maximum absolute atomic E-state index is 11.8. The SMILES string of the molecule is CCC(=O)ON1C(C)(C)C(O[N+](=O)[O-])CCC(O[N+](=O)[O-])C1(C)C. The quantitative estimate of drug-likeness (QED) is 0.518. The van der Waals surface area contributed by atoms with E-state index in [-0.39, 0.29) is 19.3 Å². The first-order chi connectivity index (χ1) is 10.9. The van der Waals surface area contributed by atoms with Gasteiger partial charge in [0, 0.05) is 6.42 Å². The maximum Gasteiger partial charge on any atom is 0.324 e. The van der Waals surface area contributed by atoms with Crippen molar-refractivity contribution in [2.24, 2.45) is 0 Å². The van der Waals surface area contributed by atoms with Crippen molar-refractivity contribution in [2.75, 3.05) is 0 Å². The molecule has 0 aromatic carbocycles. The molecule has 11 heteroatoms. The van der Waals surface area contributed by atoms with Crippen molar-refractivity contribution in [3.05, 3.63) is 20.2 Å². The maximum atomic E-state index is 11.8. The van der Waals surface area contributed by atoms with E-state index in [4.69, 9.17) is 14.5 Å². The van der Waals surface area contributed by atoms with E-state index in [1.54, 1.807) is 34.6 Å². The molecule has 0 radical (unpaired) electrons. The van der Waals surface area contributed by atoms with Crippen LogP contribution in [0.15, 0.2) is 0 Å². The third-order valence-corrected chi connectivity index (χ3v) is 4.22. The fourth-order valence-electron chi connectivity index (χ4n) is 2.99.